The molecule has 1 unspecified atom stereocenters. The molecule has 21 heavy (non-hydrogen) atoms. The third kappa shape index (κ3) is 3.64. The molecule has 1 aliphatic carbocycles. The predicted molar refractivity (Wildman–Crippen MR) is 80.3 cm³/mol. The second kappa shape index (κ2) is 6.30. The first-order chi connectivity index (χ1) is 10.3. The number of amides is 1. The molecule has 2 N–H and O–H groups in total. The average Bonchev–Trinajstić information content (AvgIpc) is 3.23. The third-order valence-electron chi connectivity index (χ3n) is 4.02. The molecule has 1 atom stereocenters. The minimum atomic E-state index is -0.363. The summed E-state index contributed by atoms with van der Waals surface area (Å²) in [7, 11) is 1.39. The van der Waals surface area contributed by atoms with Gasteiger partial charge in [-0.1, -0.05) is 6.07 Å². The summed E-state index contributed by atoms with van der Waals surface area (Å²) in [4.78, 5) is 18.1. The first-order valence-corrected chi connectivity index (χ1v) is 7.53. The standard InChI is InChI=1S/C15H22N4O2/c1-21-15(20)18-13-6-8-19(10-13)14-11(3-2-7-16-14)9-17-12-4-5-12/h2-3,7,12-13,17H,4-6,8-10H2,1H3,(H,18,20). The highest BCUT2D eigenvalue weighted by Crippen LogP contribution is 2.24. The van der Waals surface area contributed by atoms with Crippen LogP contribution in [0.3, 0.4) is 0 Å². The Hall–Kier alpha value is -1.82. The smallest absolute Gasteiger partial charge is 0.407 e. The van der Waals surface area contributed by atoms with Crippen molar-refractivity contribution >= 4 is 11.9 Å². The van der Waals surface area contributed by atoms with Crippen molar-refractivity contribution in [2.75, 3.05) is 25.1 Å². The number of nitrogens with one attached hydrogen (secondary N) is 2. The number of pyridine rings is 1. The summed E-state index contributed by atoms with van der Waals surface area (Å²) in [5.74, 6) is 1.03. The number of carbonyl (C=O) groups is 1. The minimum absolute atomic E-state index is 0.128. The molecular weight excluding hydrogens is 268 g/mol. The van der Waals surface area contributed by atoms with Crippen LogP contribution in [0.2, 0.25) is 0 Å². The van der Waals surface area contributed by atoms with Gasteiger partial charge < -0.3 is 20.3 Å². The molecule has 114 valence electrons. The van der Waals surface area contributed by atoms with E-state index in [-0.39, 0.29) is 12.1 Å². The van der Waals surface area contributed by atoms with Gasteiger partial charge in [0, 0.05) is 37.4 Å². The maximum absolute atomic E-state index is 11.3. The van der Waals surface area contributed by atoms with Crippen molar-refractivity contribution < 1.29 is 9.53 Å². The number of methoxy groups -OCH3 is 1. The number of ether oxygens (including phenoxy) is 1. The summed E-state index contributed by atoms with van der Waals surface area (Å²) in [5, 5.41) is 6.39. The molecule has 6 nitrogen and oxygen atoms in total. The molecule has 0 radical (unpaired) electrons. The molecule has 2 fully saturated rings. The van der Waals surface area contributed by atoms with E-state index >= 15 is 0 Å². The lowest BCUT2D eigenvalue weighted by atomic mass is 10.2. The van der Waals surface area contributed by atoms with E-state index in [2.05, 4.69) is 31.3 Å². The molecule has 0 spiro atoms. The Morgan fingerprint density at radius 1 is 1.43 bits per heavy atom. The molecule has 1 saturated carbocycles. The largest absolute Gasteiger partial charge is 0.453 e. The van der Waals surface area contributed by atoms with Crippen LogP contribution in [0, 0.1) is 0 Å². The normalized spacial score (nSPS) is 21.4. The zero-order chi connectivity index (χ0) is 14.7. The Morgan fingerprint density at radius 2 is 2.29 bits per heavy atom. The fourth-order valence-electron chi connectivity index (χ4n) is 2.69. The Bertz CT molecular complexity index is 504. The van der Waals surface area contributed by atoms with E-state index in [0.717, 1.165) is 31.9 Å². The van der Waals surface area contributed by atoms with E-state index in [0.29, 0.717) is 6.04 Å². The van der Waals surface area contributed by atoms with Crippen LogP contribution in [-0.2, 0) is 11.3 Å². The average molecular weight is 290 g/mol. The lowest BCUT2D eigenvalue weighted by Gasteiger charge is -2.21. The molecular formula is C15H22N4O2. The number of rotatable bonds is 5. The maximum atomic E-state index is 11.3. The maximum Gasteiger partial charge on any atom is 0.407 e. The molecule has 6 heteroatoms. The predicted octanol–water partition coefficient (Wildman–Crippen LogP) is 1.27. The van der Waals surface area contributed by atoms with E-state index in [9.17, 15) is 4.79 Å². The summed E-state index contributed by atoms with van der Waals surface area (Å²) in [6.45, 7) is 2.55. The Labute approximate surface area is 124 Å². The second-order valence-corrected chi connectivity index (χ2v) is 5.71. The van der Waals surface area contributed by atoms with Crippen LogP contribution < -0.4 is 15.5 Å². The Kier molecular flexibility index (Phi) is 4.24. The van der Waals surface area contributed by atoms with Gasteiger partial charge in [0.1, 0.15) is 5.82 Å². The number of anilines is 1. The summed E-state index contributed by atoms with van der Waals surface area (Å²) in [6.07, 6.45) is 4.95. The summed E-state index contributed by atoms with van der Waals surface area (Å²) in [5.41, 5.74) is 1.23. The van der Waals surface area contributed by atoms with E-state index in [1.54, 1.807) is 0 Å². The Balaban J connectivity index is 1.62. The van der Waals surface area contributed by atoms with Crippen molar-refractivity contribution in [3.63, 3.8) is 0 Å². The highest BCUT2D eigenvalue weighted by atomic mass is 16.5. The van der Waals surface area contributed by atoms with Gasteiger partial charge in [0.15, 0.2) is 0 Å². The molecule has 1 amide bonds. The highest BCUT2D eigenvalue weighted by molar-refractivity contribution is 5.67. The number of aromatic nitrogens is 1. The van der Waals surface area contributed by atoms with Gasteiger partial charge >= 0.3 is 6.09 Å². The van der Waals surface area contributed by atoms with E-state index in [1.807, 2.05) is 12.3 Å². The summed E-state index contributed by atoms with van der Waals surface area (Å²) in [6, 6.07) is 4.92. The van der Waals surface area contributed by atoms with Gasteiger partial charge in [0.25, 0.3) is 0 Å². The minimum Gasteiger partial charge on any atom is -0.453 e. The molecule has 1 saturated heterocycles. The number of alkyl carbamates (subject to hydrolysis) is 1. The van der Waals surface area contributed by atoms with Crippen molar-refractivity contribution in [2.45, 2.75) is 37.9 Å². The first-order valence-electron chi connectivity index (χ1n) is 7.53. The number of hydrogen-bond acceptors (Lipinski definition) is 5. The lowest BCUT2D eigenvalue weighted by molar-refractivity contribution is 0.167. The number of carbonyl (C=O) groups excluding carboxylic acids is 1. The molecule has 0 bridgehead atoms. The van der Waals surface area contributed by atoms with Crippen molar-refractivity contribution in [3.8, 4) is 0 Å². The van der Waals surface area contributed by atoms with Crippen molar-refractivity contribution in [2.24, 2.45) is 0 Å². The van der Waals surface area contributed by atoms with Gasteiger partial charge in [0.05, 0.1) is 13.2 Å². The number of hydrogen-bond donors (Lipinski definition) is 2. The van der Waals surface area contributed by atoms with E-state index in [4.69, 9.17) is 0 Å². The number of nitrogens with zero attached hydrogens (tertiary/aromatic N) is 2. The molecule has 3 rings (SSSR count). The molecule has 2 heterocycles. The second-order valence-electron chi connectivity index (χ2n) is 5.71. The third-order valence-corrected chi connectivity index (χ3v) is 4.02. The van der Waals surface area contributed by atoms with Crippen LogP contribution in [-0.4, -0.2) is 43.4 Å². The molecule has 1 aromatic heterocycles. The zero-order valence-electron chi connectivity index (χ0n) is 12.3. The van der Waals surface area contributed by atoms with Crippen LogP contribution in [0.5, 0.6) is 0 Å². The van der Waals surface area contributed by atoms with Gasteiger partial charge in [0.2, 0.25) is 0 Å². The fourth-order valence-corrected chi connectivity index (χ4v) is 2.69. The molecule has 0 aromatic carbocycles. The molecule has 1 aromatic rings. The van der Waals surface area contributed by atoms with E-state index in [1.165, 1.54) is 25.5 Å². The van der Waals surface area contributed by atoms with Gasteiger partial charge in [-0.3, -0.25) is 0 Å². The zero-order valence-corrected chi connectivity index (χ0v) is 12.3. The van der Waals surface area contributed by atoms with Gasteiger partial charge in [-0.25, -0.2) is 9.78 Å². The first kappa shape index (κ1) is 14.1. The highest BCUT2D eigenvalue weighted by Gasteiger charge is 2.27. The molecule has 1 aliphatic heterocycles. The van der Waals surface area contributed by atoms with Crippen molar-refractivity contribution in [1.29, 1.82) is 0 Å². The van der Waals surface area contributed by atoms with Crippen LogP contribution in [0.15, 0.2) is 18.3 Å². The SMILES string of the molecule is COC(=O)NC1CCN(c2ncccc2CNC2CC2)C1. The van der Waals surface area contributed by atoms with Crippen molar-refractivity contribution in [1.82, 2.24) is 15.6 Å². The fraction of sp³-hybridized carbons (Fsp3) is 0.600. The lowest BCUT2D eigenvalue weighted by Crippen LogP contribution is -2.37. The van der Waals surface area contributed by atoms with Crippen LogP contribution in [0.25, 0.3) is 0 Å². The van der Waals surface area contributed by atoms with Gasteiger partial charge in [-0.2, -0.15) is 0 Å². The van der Waals surface area contributed by atoms with E-state index < -0.39 is 0 Å². The summed E-state index contributed by atoms with van der Waals surface area (Å²) < 4.78 is 4.65. The van der Waals surface area contributed by atoms with Crippen LogP contribution in [0.1, 0.15) is 24.8 Å². The van der Waals surface area contributed by atoms with Gasteiger partial charge in [-0.05, 0) is 25.3 Å². The monoisotopic (exact) mass is 290 g/mol. The topological polar surface area (TPSA) is 66.5 Å². The van der Waals surface area contributed by atoms with Crippen LogP contribution in [0.4, 0.5) is 10.6 Å². The quantitative estimate of drug-likeness (QED) is 0.855. The Morgan fingerprint density at radius 3 is 3.05 bits per heavy atom. The summed E-state index contributed by atoms with van der Waals surface area (Å²) >= 11 is 0. The van der Waals surface area contributed by atoms with Crippen molar-refractivity contribution in [3.05, 3.63) is 23.9 Å². The molecule has 2 aliphatic rings. The van der Waals surface area contributed by atoms with Gasteiger partial charge in [-0.15, -0.1) is 0 Å². The van der Waals surface area contributed by atoms with Crippen LogP contribution >= 0.6 is 0 Å².